The number of halogens is 2. The van der Waals surface area contributed by atoms with Crippen LogP contribution >= 0.6 is 22.9 Å². The minimum absolute atomic E-state index is 0.107. The maximum atomic E-state index is 13.4. The quantitative estimate of drug-likeness (QED) is 0.178. The summed E-state index contributed by atoms with van der Waals surface area (Å²) in [4.78, 5) is 18.0. The van der Waals surface area contributed by atoms with Crippen molar-refractivity contribution in [1.29, 1.82) is 0 Å². The van der Waals surface area contributed by atoms with Gasteiger partial charge in [0.1, 0.15) is 40.2 Å². The van der Waals surface area contributed by atoms with E-state index in [-0.39, 0.29) is 18.2 Å². The zero-order valence-electron chi connectivity index (χ0n) is 22.0. The van der Waals surface area contributed by atoms with Gasteiger partial charge >= 0.3 is 0 Å². The lowest BCUT2D eigenvalue weighted by atomic mass is 10.2. The van der Waals surface area contributed by atoms with Gasteiger partial charge in [0.15, 0.2) is 0 Å². The Kier molecular flexibility index (Phi) is 9.03. The number of benzene rings is 2. The Morgan fingerprint density at radius 3 is 2.73 bits per heavy atom. The topological polar surface area (TPSA) is 119 Å². The van der Waals surface area contributed by atoms with E-state index < -0.39 is 9.84 Å². The Bertz CT molecular complexity index is 1780. The summed E-state index contributed by atoms with van der Waals surface area (Å²) in [5, 5.41) is 10.5. The Morgan fingerprint density at radius 1 is 1.05 bits per heavy atom. The molecular weight excluding hydrogens is 587 g/mol. The second kappa shape index (κ2) is 12.9. The molecule has 0 saturated heterocycles. The molecule has 212 valence electrons. The van der Waals surface area contributed by atoms with Crippen LogP contribution in [0.4, 0.5) is 15.9 Å². The van der Waals surface area contributed by atoms with Crippen LogP contribution in [0.15, 0.2) is 66.4 Å². The van der Waals surface area contributed by atoms with Gasteiger partial charge in [0.25, 0.3) is 0 Å². The normalized spacial score (nSPS) is 11.6. The predicted molar refractivity (Wildman–Crippen MR) is 160 cm³/mol. The third-order valence-electron chi connectivity index (χ3n) is 5.98. The van der Waals surface area contributed by atoms with Gasteiger partial charge in [-0.05, 0) is 42.0 Å². The van der Waals surface area contributed by atoms with E-state index in [0.29, 0.717) is 58.6 Å². The second-order valence-corrected chi connectivity index (χ2v) is 12.9. The fourth-order valence-corrected chi connectivity index (χ4v) is 5.48. The number of hydrogen-bond donors (Lipinski definition) is 2. The summed E-state index contributed by atoms with van der Waals surface area (Å²) >= 11 is 8.00. The molecule has 0 fully saturated rings. The van der Waals surface area contributed by atoms with Gasteiger partial charge in [0.05, 0.1) is 38.9 Å². The number of anilines is 2. The summed E-state index contributed by atoms with van der Waals surface area (Å²) in [6, 6.07) is 13.4. The van der Waals surface area contributed by atoms with E-state index in [0.717, 1.165) is 16.1 Å². The van der Waals surface area contributed by atoms with E-state index in [4.69, 9.17) is 21.3 Å². The molecule has 13 heteroatoms. The van der Waals surface area contributed by atoms with Crippen molar-refractivity contribution in [2.24, 2.45) is 0 Å². The molecule has 0 aliphatic heterocycles. The number of pyridine rings is 1. The number of aromatic nitrogens is 4. The predicted octanol–water partition coefficient (Wildman–Crippen LogP) is 5.44. The lowest BCUT2D eigenvalue weighted by Gasteiger charge is -2.12. The van der Waals surface area contributed by atoms with E-state index >= 15 is 0 Å². The fraction of sp³-hybridized carbons (Fsp3) is 0.214. The molecule has 9 nitrogen and oxygen atoms in total. The van der Waals surface area contributed by atoms with Gasteiger partial charge in [-0.2, -0.15) is 0 Å². The largest absolute Gasteiger partial charge is 0.487 e. The van der Waals surface area contributed by atoms with E-state index in [2.05, 4.69) is 25.6 Å². The molecule has 2 N–H and O–H groups in total. The lowest BCUT2D eigenvalue weighted by molar-refractivity contribution is 0.306. The number of ether oxygens (including phenoxy) is 1. The highest BCUT2D eigenvalue weighted by molar-refractivity contribution is 7.90. The molecule has 0 atom stereocenters. The third kappa shape index (κ3) is 7.94. The Labute approximate surface area is 245 Å². The first-order valence-electron chi connectivity index (χ1n) is 12.6. The number of thiazole rings is 1. The second-order valence-electron chi connectivity index (χ2n) is 9.25. The summed E-state index contributed by atoms with van der Waals surface area (Å²) < 4.78 is 41.7. The van der Waals surface area contributed by atoms with Gasteiger partial charge in [-0.3, -0.25) is 4.98 Å². The van der Waals surface area contributed by atoms with Crippen molar-refractivity contribution in [3.63, 3.8) is 0 Å². The molecule has 0 aliphatic rings. The first kappa shape index (κ1) is 28.8. The zero-order valence-corrected chi connectivity index (χ0v) is 24.4. The van der Waals surface area contributed by atoms with Crippen LogP contribution in [0.3, 0.4) is 0 Å². The molecule has 2 aromatic carbocycles. The zero-order chi connectivity index (χ0) is 28.8. The first-order chi connectivity index (χ1) is 19.7. The average Bonchev–Trinajstić information content (AvgIpc) is 3.41. The molecule has 0 saturated carbocycles. The van der Waals surface area contributed by atoms with Gasteiger partial charge < -0.3 is 15.4 Å². The van der Waals surface area contributed by atoms with Gasteiger partial charge in [0.2, 0.25) is 0 Å². The number of rotatable bonds is 12. The van der Waals surface area contributed by atoms with Gasteiger partial charge in [-0.1, -0.05) is 23.7 Å². The smallest absolute Gasteiger partial charge is 0.148 e. The molecule has 41 heavy (non-hydrogen) atoms. The Balaban J connectivity index is 1.26. The highest BCUT2D eigenvalue weighted by Crippen LogP contribution is 2.32. The van der Waals surface area contributed by atoms with E-state index in [9.17, 15) is 12.8 Å². The van der Waals surface area contributed by atoms with Crippen LogP contribution in [0.1, 0.15) is 10.6 Å². The van der Waals surface area contributed by atoms with Gasteiger partial charge in [-0.25, -0.2) is 27.8 Å². The van der Waals surface area contributed by atoms with E-state index in [1.54, 1.807) is 30.5 Å². The van der Waals surface area contributed by atoms with Crippen LogP contribution in [0.5, 0.6) is 5.75 Å². The standard InChI is InChI=1S/C28H26ClFN6O3S2/c1-41(37,38)10-9-31-8-7-27-36-25(16-40-27)23-13-21-24(14-32-23)33-17-34-28(21)35-20-5-6-26(22(29)12-20)39-15-18-3-2-4-19(30)11-18/h2-6,11-14,16-17,31H,7-10,15H2,1H3,(H,33,34,35). The molecule has 5 rings (SSSR count). The van der Waals surface area contributed by atoms with Gasteiger partial charge in [-0.15, -0.1) is 11.3 Å². The fourth-order valence-electron chi connectivity index (χ4n) is 3.94. The number of nitrogens with one attached hydrogen (secondary N) is 2. The Morgan fingerprint density at radius 2 is 1.93 bits per heavy atom. The minimum Gasteiger partial charge on any atom is -0.487 e. The number of hydrogen-bond acceptors (Lipinski definition) is 10. The van der Waals surface area contributed by atoms with Crippen LogP contribution in [-0.2, 0) is 22.9 Å². The Hall–Kier alpha value is -3.71. The van der Waals surface area contributed by atoms with Crippen molar-refractivity contribution >= 4 is 55.2 Å². The highest BCUT2D eigenvalue weighted by atomic mass is 35.5. The first-order valence-corrected chi connectivity index (χ1v) is 15.9. The van der Waals surface area contributed by atoms with Crippen LogP contribution in [0, 0.1) is 5.82 Å². The summed E-state index contributed by atoms with van der Waals surface area (Å²) in [7, 11) is -2.98. The van der Waals surface area contributed by atoms with Crippen molar-refractivity contribution < 1.29 is 17.5 Å². The number of nitrogens with zero attached hydrogens (tertiary/aromatic N) is 4. The summed E-state index contributed by atoms with van der Waals surface area (Å²) in [6.45, 7) is 1.23. The summed E-state index contributed by atoms with van der Waals surface area (Å²) in [5.74, 6) is 0.841. The van der Waals surface area contributed by atoms with Crippen molar-refractivity contribution in [3.05, 3.63) is 87.8 Å². The van der Waals surface area contributed by atoms with E-state index in [1.807, 2.05) is 17.5 Å². The minimum atomic E-state index is -2.98. The molecule has 0 amide bonds. The highest BCUT2D eigenvalue weighted by Gasteiger charge is 2.12. The molecule has 3 aromatic heterocycles. The monoisotopic (exact) mass is 612 g/mol. The van der Waals surface area contributed by atoms with Crippen LogP contribution in [0.2, 0.25) is 5.02 Å². The third-order valence-corrected chi connectivity index (χ3v) is 8.13. The van der Waals surface area contributed by atoms with Gasteiger partial charge in [0, 0.05) is 42.2 Å². The molecule has 3 heterocycles. The lowest BCUT2D eigenvalue weighted by Crippen LogP contribution is -2.24. The SMILES string of the molecule is CS(=O)(=O)CCNCCc1nc(-c2cc3c(Nc4ccc(OCc5cccc(F)c5)c(Cl)c4)ncnc3cn2)cs1. The summed E-state index contributed by atoms with van der Waals surface area (Å²) in [5.41, 5.74) is 3.49. The number of fused-ring (bicyclic) bond motifs is 1. The molecule has 0 bridgehead atoms. The van der Waals surface area contributed by atoms with Crippen molar-refractivity contribution in [3.8, 4) is 17.1 Å². The van der Waals surface area contributed by atoms with Crippen LogP contribution < -0.4 is 15.4 Å². The van der Waals surface area contributed by atoms with Crippen LogP contribution in [0.25, 0.3) is 22.3 Å². The molecule has 0 radical (unpaired) electrons. The maximum Gasteiger partial charge on any atom is 0.148 e. The van der Waals surface area contributed by atoms with Crippen molar-refractivity contribution in [2.45, 2.75) is 13.0 Å². The molecule has 5 aromatic rings. The van der Waals surface area contributed by atoms with Crippen molar-refractivity contribution in [2.75, 3.05) is 30.4 Å². The van der Waals surface area contributed by atoms with E-state index in [1.165, 1.54) is 36.1 Å². The van der Waals surface area contributed by atoms with Crippen molar-refractivity contribution in [1.82, 2.24) is 25.3 Å². The molecule has 0 spiro atoms. The number of sulfone groups is 1. The molecule has 0 aliphatic carbocycles. The molecule has 0 unspecified atom stereocenters. The maximum absolute atomic E-state index is 13.4. The van der Waals surface area contributed by atoms with Crippen LogP contribution in [-0.4, -0.2) is 53.5 Å². The molecular formula is C28H26ClFN6O3S2. The average molecular weight is 613 g/mol. The summed E-state index contributed by atoms with van der Waals surface area (Å²) in [6.07, 6.45) is 5.05.